The first-order valence-electron chi connectivity index (χ1n) is 3.82. The maximum Gasteiger partial charge on any atom is 0.394 e. The lowest BCUT2D eigenvalue weighted by molar-refractivity contribution is -0.160. The summed E-state index contributed by atoms with van der Waals surface area (Å²) in [6, 6.07) is 0. The molecule has 1 fully saturated rings. The monoisotopic (exact) mass is 193 g/mol. The topological polar surface area (TPSA) is 57.6 Å². The number of nitrogens with zero attached hydrogens (tertiary/aromatic N) is 1. The van der Waals surface area contributed by atoms with Crippen molar-refractivity contribution in [2.75, 3.05) is 13.1 Å². The van der Waals surface area contributed by atoms with Gasteiger partial charge < -0.3 is 10.0 Å². The zero-order valence-electron chi connectivity index (χ0n) is 6.80. The van der Waals surface area contributed by atoms with E-state index in [0.29, 0.717) is 4.90 Å². The number of aliphatic carboxylic acids is 1. The van der Waals surface area contributed by atoms with E-state index in [1.54, 1.807) is 0 Å². The van der Waals surface area contributed by atoms with Crippen LogP contribution in [0.25, 0.3) is 0 Å². The van der Waals surface area contributed by atoms with E-state index < -0.39 is 24.3 Å². The Morgan fingerprint density at radius 3 is 2.46 bits per heavy atom. The Balaban J connectivity index is 2.62. The van der Waals surface area contributed by atoms with Gasteiger partial charge in [-0.25, -0.2) is 13.6 Å². The van der Waals surface area contributed by atoms with Crippen LogP contribution in [-0.2, 0) is 9.59 Å². The first kappa shape index (κ1) is 9.88. The van der Waals surface area contributed by atoms with E-state index in [0.717, 1.165) is 0 Å². The smallest absolute Gasteiger partial charge is 0.394 e. The predicted molar refractivity (Wildman–Crippen MR) is 38.4 cm³/mol. The third-order valence-corrected chi connectivity index (χ3v) is 1.86. The molecule has 6 heteroatoms. The molecule has 0 bridgehead atoms. The van der Waals surface area contributed by atoms with E-state index >= 15 is 0 Å². The van der Waals surface area contributed by atoms with E-state index in [-0.39, 0.29) is 19.4 Å². The van der Waals surface area contributed by atoms with Crippen LogP contribution in [0.5, 0.6) is 0 Å². The number of carbonyl (C=O) groups excluding carboxylic acids is 1. The minimum Gasteiger partial charge on any atom is -0.474 e. The number of hydrogen-bond acceptors (Lipinski definition) is 2. The van der Waals surface area contributed by atoms with Crippen LogP contribution in [-0.4, -0.2) is 40.9 Å². The van der Waals surface area contributed by atoms with Gasteiger partial charge in [-0.2, -0.15) is 0 Å². The van der Waals surface area contributed by atoms with Crippen LogP contribution in [0.2, 0.25) is 0 Å². The number of carboxylic acid groups (broad SMARTS) is 1. The van der Waals surface area contributed by atoms with Gasteiger partial charge in [0.15, 0.2) is 0 Å². The maximum atomic E-state index is 12.7. The standard InChI is InChI=1S/C7H9F2NO3/c8-7(9)2-1-3-10(4-7)5(11)6(12)13/h1-4H2,(H,12,13). The first-order chi connectivity index (χ1) is 5.92. The number of rotatable bonds is 0. The number of likely N-dealkylation sites (tertiary alicyclic amines) is 1. The molecule has 0 atom stereocenters. The van der Waals surface area contributed by atoms with E-state index in [9.17, 15) is 18.4 Å². The number of carboxylic acids is 1. The van der Waals surface area contributed by atoms with Gasteiger partial charge in [0.05, 0.1) is 6.54 Å². The lowest BCUT2D eigenvalue weighted by atomic mass is 10.1. The SMILES string of the molecule is O=C(O)C(=O)N1CCCC(F)(F)C1. The summed E-state index contributed by atoms with van der Waals surface area (Å²) in [6.45, 7) is -0.682. The summed E-state index contributed by atoms with van der Waals surface area (Å²) in [5, 5.41) is 8.27. The predicted octanol–water partition coefficient (Wildman–Crippen LogP) is 0.329. The zero-order valence-corrected chi connectivity index (χ0v) is 6.80. The van der Waals surface area contributed by atoms with Gasteiger partial charge in [-0.15, -0.1) is 0 Å². The Labute approximate surface area is 73.1 Å². The van der Waals surface area contributed by atoms with Gasteiger partial charge in [0.2, 0.25) is 0 Å². The van der Waals surface area contributed by atoms with Gasteiger partial charge >= 0.3 is 11.9 Å². The third-order valence-electron chi connectivity index (χ3n) is 1.86. The molecule has 0 spiro atoms. The highest BCUT2D eigenvalue weighted by atomic mass is 19.3. The van der Waals surface area contributed by atoms with Gasteiger partial charge in [-0.1, -0.05) is 0 Å². The quantitative estimate of drug-likeness (QED) is 0.564. The molecule has 74 valence electrons. The molecule has 1 aliphatic heterocycles. The number of alkyl halides is 2. The Hall–Kier alpha value is -1.20. The number of hydrogen-bond donors (Lipinski definition) is 1. The molecule has 4 nitrogen and oxygen atoms in total. The Bertz CT molecular complexity index is 242. The van der Waals surface area contributed by atoms with E-state index in [4.69, 9.17) is 5.11 Å². The van der Waals surface area contributed by atoms with Crippen LogP contribution in [0.15, 0.2) is 0 Å². The molecule has 1 rings (SSSR count). The molecular weight excluding hydrogens is 184 g/mol. The highest BCUT2D eigenvalue weighted by molar-refractivity contribution is 6.31. The van der Waals surface area contributed by atoms with Gasteiger partial charge in [-0.3, -0.25) is 4.79 Å². The van der Waals surface area contributed by atoms with Crippen LogP contribution in [0.1, 0.15) is 12.8 Å². The lowest BCUT2D eigenvalue weighted by Gasteiger charge is -2.31. The van der Waals surface area contributed by atoms with Crippen molar-refractivity contribution in [1.29, 1.82) is 0 Å². The Morgan fingerprint density at radius 1 is 1.38 bits per heavy atom. The van der Waals surface area contributed by atoms with E-state index in [1.807, 2.05) is 0 Å². The fourth-order valence-electron chi connectivity index (χ4n) is 1.27. The number of piperidine rings is 1. The second kappa shape index (κ2) is 3.27. The molecule has 13 heavy (non-hydrogen) atoms. The molecule has 0 saturated carbocycles. The van der Waals surface area contributed by atoms with Crippen LogP contribution in [0.3, 0.4) is 0 Å². The highest BCUT2D eigenvalue weighted by Crippen LogP contribution is 2.26. The molecule has 1 aliphatic rings. The molecule has 0 radical (unpaired) electrons. The van der Waals surface area contributed by atoms with E-state index in [1.165, 1.54) is 0 Å². The van der Waals surface area contributed by atoms with Crippen LogP contribution >= 0.6 is 0 Å². The molecule has 1 saturated heterocycles. The summed E-state index contributed by atoms with van der Waals surface area (Å²) in [6.07, 6.45) is -0.136. The fourth-order valence-corrected chi connectivity index (χ4v) is 1.27. The average Bonchev–Trinajstić information content (AvgIpc) is 2.01. The molecule has 1 heterocycles. The fraction of sp³-hybridized carbons (Fsp3) is 0.714. The summed E-state index contributed by atoms with van der Waals surface area (Å²) in [7, 11) is 0. The third kappa shape index (κ3) is 2.37. The molecule has 0 aromatic carbocycles. The van der Waals surface area contributed by atoms with Crippen molar-refractivity contribution in [2.45, 2.75) is 18.8 Å². The van der Waals surface area contributed by atoms with Crippen LogP contribution in [0, 0.1) is 0 Å². The molecule has 1 amide bonds. The van der Waals surface area contributed by atoms with Crippen LogP contribution < -0.4 is 0 Å². The van der Waals surface area contributed by atoms with Crippen LogP contribution in [0.4, 0.5) is 8.78 Å². The first-order valence-corrected chi connectivity index (χ1v) is 3.82. The van der Waals surface area contributed by atoms with Gasteiger partial charge in [0.1, 0.15) is 0 Å². The summed E-state index contributed by atoms with van der Waals surface area (Å²) in [4.78, 5) is 21.6. The molecule has 0 aliphatic carbocycles. The number of amides is 1. The van der Waals surface area contributed by atoms with Crippen molar-refractivity contribution in [3.05, 3.63) is 0 Å². The molecule has 0 aromatic rings. The molecular formula is C7H9F2NO3. The minimum absolute atomic E-state index is 0.0979. The van der Waals surface area contributed by atoms with Gasteiger partial charge in [0.25, 0.3) is 5.92 Å². The Kier molecular flexibility index (Phi) is 2.49. The second-order valence-electron chi connectivity index (χ2n) is 2.99. The van der Waals surface area contributed by atoms with Gasteiger partial charge in [-0.05, 0) is 6.42 Å². The zero-order chi connectivity index (χ0) is 10.1. The summed E-state index contributed by atoms with van der Waals surface area (Å²) < 4.78 is 25.4. The van der Waals surface area contributed by atoms with E-state index in [2.05, 4.69) is 0 Å². The summed E-state index contributed by atoms with van der Waals surface area (Å²) in [5.74, 6) is -5.87. The Morgan fingerprint density at radius 2 is 2.00 bits per heavy atom. The van der Waals surface area contributed by atoms with Crippen molar-refractivity contribution >= 4 is 11.9 Å². The number of halogens is 2. The van der Waals surface area contributed by atoms with Crippen molar-refractivity contribution in [2.24, 2.45) is 0 Å². The summed E-state index contributed by atoms with van der Waals surface area (Å²) in [5.41, 5.74) is 0. The number of carbonyl (C=O) groups is 2. The van der Waals surface area contributed by atoms with Crippen molar-refractivity contribution < 1.29 is 23.5 Å². The molecule has 0 unspecified atom stereocenters. The highest BCUT2D eigenvalue weighted by Gasteiger charge is 2.38. The maximum absolute atomic E-state index is 12.7. The lowest BCUT2D eigenvalue weighted by Crippen LogP contribution is -2.48. The summed E-state index contributed by atoms with van der Waals surface area (Å²) >= 11 is 0. The molecule has 0 aromatic heterocycles. The van der Waals surface area contributed by atoms with Gasteiger partial charge in [0, 0.05) is 13.0 Å². The molecule has 1 N–H and O–H groups in total. The van der Waals surface area contributed by atoms with Crippen molar-refractivity contribution in [1.82, 2.24) is 4.90 Å². The largest absolute Gasteiger partial charge is 0.474 e. The normalized spacial score (nSPS) is 21.2. The van der Waals surface area contributed by atoms with Crippen molar-refractivity contribution in [3.63, 3.8) is 0 Å². The van der Waals surface area contributed by atoms with Crippen molar-refractivity contribution in [3.8, 4) is 0 Å². The average molecular weight is 193 g/mol. The minimum atomic E-state index is -2.94. The second-order valence-corrected chi connectivity index (χ2v) is 2.99.